The van der Waals surface area contributed by atoms with Gasteiger partial charge < -0.3 is 29.7 Å². The van der Waals surface area contributed by atoms with E-state index in [1.54, 1.807) is 24.3 Å². The Morgan fingerprint density at radius 2 is 1.95 bits per heavy atom. The van der Waals surface area contributed by atoms with Gasteiger partial charge in [0.25, 0.3) is 0 Å². The molecule has 3 N–H and O–H groups in total. The number of fused-ring (bicyclic) bond motifs is 6. The van der Waals surface area contributed by atoms with Gasteiger partial charge in [-0.05, 0) is 62.2 Å². The van der Waals surface area contributed by atoms with Crippen LogP contribution in [0, 0.1) is 28.6 Å². The van der Waals surface area contributed by atoms with E-state index in [1.165, 1.54) is 0 Å². The molecule has 1 amide bonds. The van der Waals surface area contributed by atoms with Crippen LogP contribution in [0.15, 0.2) is 42.0 Å². The summed E-state index contributed by atoms with van der Waals surface area (Å²) in [5.41, 5.74) is -1.25. The first kappa shape index (κ1) is 29.6. The smallest absolute Gasteiger partial charge is 0.306 e. The predicted octanol–water partition coefficient (Wildman–Crippen LogP) is 2.93. The molecule has 10 heteroatoms. The molecule has 0 aromatic heterocycles. The molecule has 5 aliphatic rings. The first-order valence-electron chi connectivity index (χ1n) is 15.1. The van der Waals surface area contributed by atoms with Crippen LogP contribution >= 0.6 is 0 Å². The summed E-state index contributed by atoms with van der Waals surface area (Å²) in [6.07, 6.45) is 6.71. The molecule has 1 aromatic rings. The molecular weight excluding hydrogens is 554 g/mol. The zero-order chi connectivity index (χ0) is 30.6. The van der Waals surface area contributed by atoms with Crippen LogP contribution in [0.3, 0.4) is 0 Å². The Balaban J connectivity index is 1.03. The van der Waals surface area contributed by atoms with E-state index in [4.69, 9.17) is 14.2 Å². The Bertz CT molecular complexity index is 1420. The fraction of sp³-hybridized carbons (Fsp3) is 0.576. The van der Waals surface area contributed by atoms with Gasteiger partial charge in [-0.1, -0.05) is 37.6 Å². The number of carbonyl (C=O) groups excluding carboxylic acids is 4. The van der Waals surface area contributed by atoms with Gasteiger partial charge in [0.1, 0.15) is 5.60 Å². The van der Waals surface area contributed by atoms with Gasteiger partial charge in [0.15, 0.2) is 23.9 Å². The summed E-state index contributed by atoms with van der Waals surface area (Å²) in [5, 5.41) is 26.1. The Hall–Kier alpha value is -3.50. The number of nitrogens with one attached hydrogen (secondary N) is 1. The van der Waals surface area contributed by atoms with Crippen LogP contribution in [0.1, 0.15) is 64.4 Å². The number of Topliss-reactive ketones (excluding diaryl/α,β-unsaturated/α-hetero) is 1. The molecule has 10 nitrogen and oxygen atoms in total. The fourth-order valence-electron chi connectivity index (χ4n) is 8.75. The number of hydrogen-bond acceptors (Lipinski definition) is 9. The molecule has 1 heterocycles. The van der Waals surface area contributed by atoms with E-state index < -0.39 is 40.9 Å². The van der Waals surface area contributed by atoms with Crippen LogP contribution < -0.4 is 14.8 Å². The third-order valence-corrected chi connectivity index (χ3v) is 11.0. The SMILES string of the molecule is C[C@]12C=CC(=O)C=C1CC[C@H]1[C@H]2[C@H](O)C[C@@]2(C)[C@H]1CC[C@]2(O)C(=O)COC(=O)CCC(=O)NCc1cccc2c1OCO2. The minimum absolute atomic E-state index is 0.00135. The van der Waals surface area contributed by atoms with Crippen LogP contribution in [-0.4, -0.2) is 58.8 Å². The summed E-state index contributed by atoms with van der Waals surface area (Å²) < 4.78 is 16.0. The van der Waals surface area contributed by atoms with Crippen molar-refractivity contribution in [1.29, 1.82) is 0 Å². The second-order valence-corrected chi connectivity index (χ2v) is 13.1. The molecule has 0 bridgehead atoms. The lowest BCUT2D eigenvalue weighted by Gasteiger charge is -2.59. The van der Waals surface area contributed by atoms with Gasteiger partial charge in [-0.2, -0.15) is 0 Å². The summed E-state index contributed by atoms with van der Waals surface area (Å²) in [7, 11) is 0. The number of rotatable bonds is 8. The largest absolute Gasteiger partial charge is 0.458 e. The van der Waals surface area contributed by atoms with E-state index in [9.17, 15) is 29.4 Å². The summed E-state index contributed by atoms with van der Waals surface area (Å²) in [6.45, 7) is 3.70. The van der Waals surface area contributed by atoms with Crippen molar-refractivity contribution < 1.29 is 43.6 Å². The maximum Gasteiger partial charge on any atom is 0.306 e. The van der Waals surface area contributed by atoms with Gasteiger partial charge in [-0.25, -0.2) is 0 Å². The van der Waals surface area contributed by atoms with Gasteiger partial charge >= 0.3 is 5.97 Å². The summed E-state index contributed by atoms with van der Waals surface area (Å²) in [5.74, 6) is -0.495. The Morgan fingerprint density at radius 1 is 1.14 bits per heavy atom. The molecule has 4 aliphatic carbocycles. The van der Waals surface area contributed by atoms with Crippen LogP contribution in [0.5, 0.6) is 11.5 Å². The Morgan fingerprint density at radius 3 is 2.77 bits per heavy atom. The molecule has 0 unspecified atom stereocenters. The Labute approximate surface area is 250 Å². The lowest BCUT2D eigenvalue weighted by atomic mass is 9.46. The van der Waals surface area contributed by atoms with Crippen molar-refractivity contribution in [3.63, 3.8) is 0 Å². The maximum atomic E-state index is 13.4. The number of hydrogen-bond donors (Lipinski definition) is 3. The molecule has 3 saturated carbocycles. The number of para-hydroxylation sites is 1. The molecule has 7 atom stereocenters. The molecule has 1 aliphatic heterocycles. The van der Waals surface area contributed by atoms with Gasteiger partial charge in [0.05, 0.1) is 12.5 Å². The molecule has 1 aromatic carbocycles. The van der Waals surface area contributed by atoms with E-state index in [1.807, 2.05) is 19.1 Å². The van der Waals surface area contributed by atoms with E-state index in [0.29, 0.717) is 17.9 Å². The summed E-state index contributed by atoms with van der Waals surface area (Å²) >= 11 is 0. The van der Waals surface area contributed by atoms with E-state index in [-0.39, 0.29) is 68.5 Å². The number of ketones is 2. The number of aliphatic hydroxyl groups excluding tert-OH is 1. The zero-order valence-electron chi connectivity index (χ0n) is 24.6. The van der Waals surface area contributed by atoms with Crippen molar-refractivity contribution in [1.82, 2.24) is 5.32 Å². The molecule has 3 fully saturated rings. The zero-order valence-corrected chi connectivity index (χ0v) is 24.6. The quantitative estimate of drug-likeness (QED) is 0.387. The molecule has 6 rings (SSSR count). The van der Waals surface area contributed by atoms with Crippen molar-refractivity contribution in [2.45, 2.75) is 77.0 Å². The second-order valence-electron chi connectivity index (χ2n) is 13.1. The van der Waals surface area contributed by atoms with Crippen LogP contribution in [0.2, 0.25) is 0 Å². The third-order valence-electron chi connectivity index (χ3n) is 11.0. The Kier molecular flexibility index (Phi) is 7.49. The van der Waals surface area contributed by atoms with Gasteiger partial charge in [0.2, 0.25) is 18.5 Å². The van der Waals surface area contributed by atoms with E-state index in [2.05, 4.69) is 12.2 Å². The molecule has 0 radical (unpaired) electrons. The van der Waals surface area contributed by atoms with E-state index >= 15 is 0 Å². The van der Waals surface area contributed by atoms with Gasteiger partial charge in [0, 0.05) is 35.3 Å². The highest BCUT2D eigenvalue weighted by Gasteiger charge is 2.68. The first-order valence-corrected chi connectivity index (χ1v) is 15.1. The lowest BCUT2D eigenvalue weighted by Crippen LogP contribution is -2.61. The van der Waals surface area contributed by atoms with E-state index in [0.717, 1.165) is 24.0 Å². The number of benzene rings is 1. The van der Waals surface area contributed by atoms with Crippen LogP contribution in [-0.2, 0) is 30.5 Å². The number of ether oxygens (including phenoxy) is 3. The number of esters is 1. The van der Waals surface area contributed by atoms with Crippen molar-refractivity contribution in [2.24, 2.45) is 28.6 Å². The summed E-state index contributed by atoms with van der Waals surface area (Å²) in [6, 6.07) is 5.40. The first-order chi connectivity index (χ1) is 20.5. The average Bonchev–Trinajstić information content (AvgIpc) is 3.56. The molecule has 0 saturated heterocycles. The number of aliphatic hydroxyl groups is 2. The molecule has 43 heavy (non-hydrogen) atoms. The molecule has 0 spiro atoms. The standard InChI is InChI=1S/C33H39NO9/c1-31-12-10-21(35)14-20(31)6-7-22-23-11-13-33(40,32(23,2)15-24(36)29(22)31)26(37)17-41-28(39)9-8-27(38)34-16-19-4-3-5-25-30(19)43-18-42-25/h3-5,10,12,14,22-24,29,36,40H,6-9,11,13,15-18H2,1-2H3,(H,34,38)/t22-,23+,24-,29+,31+,32+,33+/m1/s1. The topological polar surface area (TPSA) is 148 Å². The normalized spacial score (nSPS) is 35.3. The van der Waals surface area contributed by atoms with Crippen molar-refractivity contribution in [3.05, 3.63) is 47.6 Å². The number of allylic oxidation sites excluding steroid dienone is 4. The number of carbonyl (C=O) groups is 4. The maximum absolute atomic E-state index is 13.4. The van der Waals surface area contributed by atoms with Crippen molar-refractivity contribution >= 4 is 23.4 Å². The number of amides is 1. The highest BCUT2D eigenvalue weighted by Crippen LogP contribution is 2.67. The van der Waals surface area contributed by atoms with Crippen LogP contribution in [0.25, 0.3) is 0 Å². The minimum Gasteiger partial charge on any atom is -0.458 e. The average molecular weight is 594 g/mol. The van der Waals surface area contributed by atoms with Crippen LogP contribution in [0.4, 0.5) is 0 Å². The fourth-order valence-corrected chi connectivity index (χ4v) is 8.75. The van der Waals surface area contributed by atoms with Gasteiger partial charge in [-0.15, -0.1) is 0 Å². The minimum atomic E-state index is -1.74. The third kappa shape index (κ3) is 4.88. The highest BCUT2D eigenvalue weighted by atomic mass is 16.7. The monoisotopic (exact) mass is 593 g/mol. The molecular formula is C33H39NO9. The lowest BCUT2D eigenvalue weighted by molar-refractivity contribution is -0.181. The predicted molar refractivity (Wildman–Crippen MR) is 153 cm³/mol. The molecule has 230 valence electrons. The van der Waals surface area contributed by atoms with Gasteiger partial charge in [-0.3, -0.25) is 19.2 Å². The highest BCUT2D eigenvalue weighted by molar-refractivity contribution is 6.01. The van der Waals surface area contributed by atoms with Crippen molar-refractivity contribution in [3.8, 4) is 11.5 Å². The summed E-state index contributed by atoms with van der Waals surface area (Å²) in [4.78, 5) is 50.3. The van der Waals surface area contributed by atoms with Crippen molar-refractivity contribution in [2.75, 3.05) is 13.4 Å². The second kappa shape index (κ2) is 10.9.